The van der Waals surface area contributed by atoms with Gasteiger partial charge in [0.1, 0.15) is 0 Å². The van der Waals surface area contributed by atoms with E-state index < -0.39 is 0 Å². The first kappa shape index (κ1) is 18.0. The Bertz CT molecular complexity index is 262. The lowest BCUT2D eigenvalue weighted by molar-refractivity contribution is 0.0683. The van der Waals surface area contributed by atoms with Gasteiger partial charge in [0.05, 0.1) is 0 Å². The molecule has 0 aromatic rings. The summed E-state index contributed by atoms with van der Waals surface area (Å²) in [5.74, 6) is 0.819. The van der Waals surface area contributed by atoms with E-state index in [0.29, 0.717) is 11.5 Å². The van der Waals surface area contributed by atoms with Crippen LogP contribution in [0, 0.1) is 11.3 Å². The standard InChI is InChI=1S/C18H38N2/c1-7-13-19-17-16(11-10-12-18(17,5)6)14-20(9-3)15(4)8-2/h15-17,19H,7-14H2,1-6H3. The number of nitrogens with zero attached hydrogens (tertiary/aromatic N) is 1. The minimum atomic E-state index is 0.451. The van der Waals surface area contributed by atoms with Crippen molar-refractivity contribution in [2.75, 3.05) is 19.6 Å². The second-order valence-electron chi connectivity index (χ2n) is 7.42. The lowest BCUT2D eigenvalue weighted by Gasteiger charge is -2.46. The van der Waals surface area contributed by atoms with E-state index in [4.69, 9.17) is 0 Å². The average Bonchev–Trinajstić information content (AvgIpc) is 2.42. The number of nitrogens with one attached hydrogen (secondary N) is 1. The first-order valence-corrected chi connectivity index (χ1v) is 8.93. The van der Waals surface area contributed by atoms with Crippen LogP contribution in [0.3, 0.4) is 0 Å². The van der Waals surface area contributed by atoms with Crippen molar-refractivity contribution in [2.24, 2.45) is 11.3 Å². The Morgan fingerprint density at radius 1 is 1.25 bits per heavy atom. The van der Waals surface area contributed by atoms with Gasteiger partial charge in [0, 0.05) is 18.6 Å². The van der Waals surface area contributed by atoms with Crippen molar-refractivity contribution >= 4 is 0 Å². The molecular weight excluding hydrogens is 244 g/mol. The Balaban J connectivity index is 2.72. The molecule has 0 radical (unpaired) electrons. The normalized spacial score (nSPS) is 27.8. The van der Waals surface area contributed by atoms with Crippen LogP contribution in [-0.4, -0.2) is 36.6 Å². The molecule has 2 nitrogen and oxygen atoms in total. The van der Waals surface area contributed by atoms with Gasteiger partial charge in [-0.3, -0.25) is 0 Å². The predicted molar refractivity (Wildman–Crippen MR) is 90.2 cm³/mol. The van der Waals surface area contributed by atoms with E-state index in [2.05, 4.69) is 51.8 Å². The molecule has 0 aliphatic heterocycles. The first-order chi connectivity index (χ1) is 9.46. The van der Waals surface area contributed by atoms with E-state index in [9.17, 15) is 0 Å². The molecule has 3 atom stereocenters. The fourth-order valence-corrected chi connectivity index (χ4v) is 3.90. The van der Waals surface area contributed by atoms with Gasteiger partial charge in [-0.2, -0.15) is 0 Å². The fraction of sp³-hybridized carbons (Fsp3) is 1.00. The van der Waals surface area contributed by atoms with Crippen molar-refractivity contribution in [3.63, 3.8) is 0 Å². The summed E-state index contributed by atoms with van der Waals surface area (Å²) < 4.78 is 0. The van der Waals surface area contributed by atoms with E-state index in [1.807, 2.05) is 0 Å². The van der Waals surface area contributed by atoms with Crippen molar-refractivity contribution in [3.8, 4) is 0 Å². The summed E-state index contributed by atoms with van der Waals surface area (Å²) in [5, 5.41) is 3.87. The lowest BCUT2D eigenvalue weighted by Crippen LogP contribution is -2.53. The third-order valence-corrected chi connectivity index (χ3v) is 5.41. The van der Waals surface area contributed by atoms with Crippen LogP contribution in [0.4, 0.5) is 0 Å². The molecule has 2 heteroatoms. The summed E-state index contributed by atoms with van der Waals surface area (Å²) in [7, 11) is 0. The highest BCUT2D eigenvalue weighted by Gasteiger charge is 2.39. The van der Waals surface area contributed by atoms with E-state index in [1.165, 1.54) is 51.7 Å². The molecule has 0 bridgehead atoms. The first-order valence-electron chi connectivity index (χ1n) is 8.93. The number of rotatable bonds is 8. The van der Waals surface area contributed by atoms with Crippen LogP contribution in [-0.2, 0) is 0 Å². The zero-order valence-corrected chi connectivity index (χ0v) is 14.8. The van der Waals surface area contributed by atoms with Gasteiger partial charge in [-0.1, -0.05) is 41.0 Å². The molecule has 20 heavy (non-hydrogen) atoms. The minimum Gasteiger partial charge on any atom is -0.313 e. The SMILES string of the molecule is CCCNC1C(CN(CC)C(C)CC)CCCC1(C)C. The third kappa shape index (κ3) is 4.73. The van der Waals surface area contributed by atoms with Crippen LogP contribution < -0.4 is 5.32 Å². The largest absolute Gasteiger partial charge is 0.313 e. The van der Waals surface area contributed by atoms with Gasteiger partial charge >= 0.3 is 0 Å². The monoisotopic (exact) mass is 282 g/mol. The molecule has 120 valence electrons. The Kier molecular flexibility index (Phi) is 7.53. The zero-order valence-electron chi connectivity index (χ0n) is 14.8. The zero-order chi connectivity index (χ0) is 15.2. The van der Waals surface area contributed by atoms with Crippen LogP contribution in [0.2, 0.25) is 0 Å². The van der Waals surface area contributed by atoms with Gasteiger partial charge in [0.15, 0.2) is 0 Å². The Labute approximate surface area is 127 Å². The van der Waals surface area contributed by atoms with Crippen LogP contribution in [0.25, 0.3) is 0 Å². The quantitative estimate of drug-likeness (QED) is 0.714. The molecule has 3 unspecified atom stereocenters. The van der Waals surface area contributed by atoms with Crippen molar-refractivity contribution in [2.45, 2.75) is 85.7 Å². The molecule has 1 saturated carbocycles. The highest BCUT2D eigenvalue weighted by Crippen LogP contribution is 2.39. The molecule has 0 spiro atoms. The van der Waals surface area contributed by atoms with Gasteiger partial charge in [-0.05, 0) is 57.0 Å². The van der Waals surface area contributed by atoms with E-state index in [0.717, 1.165) is 12.0 Å². The number of hydrogen-bond donors (Lipinski definition) is 1. The van der Waals surface area contributed by atoms with Crippen LogP contribution >= 0.6 is 0 Å². The second kappa shape index (κ2) is 8.38. The maximum absolute atomic E-state index is 3.87. The molecule has 0 amide bonds. The Morgan fingerprint density at radius 3 is 2.50 bits per heavy atom. The van der Waals surface area contributed by atoms with E-state index in [1.54, 1.807) is 0 Å². The van der Waals surface area contributed by atoms with Gasteiger partial charge in [-0.15, -0.1) is 0 Å². The third-order valence-electron chi connectivity index (χ3n) is 5.41. The molecule has 1 aliphatic carbocycles. The molecule has 0 aromatic carbocycles. The highest BCUT2D eigenvalue weighted by molar-refractivity contribution is 4.94. The predicted octanol–water partition coefficient (Wildman–Crippen LogP) is 4.30. The van der Waals surface area contributed by atoms with Gasteiger partial charge in [0.2, 0.25) is 0 Å². The summed E-state index contributed by atoms with van der Waals surface area (Å²) in [4.78, 5) is 2.69. The van der Waals surface area contributed by atoms with E-state index in [-0.39, 0.29) is 0 Å². The summed E-state index contributed by atoms with van der Waals surface area (Å²) in [6.45, 7) is 17.8. The van der Waals surface area contributed by atoms with Crippen LogP contribution in [0.15, 0.2) is 0 Å². The molecular formula is C18H38N2. The summed E-state index contributed by atoms with van der Waals surface area (Å²) in [6, 6.07) is 1.41. The molecule has 1 N–H and O–H groups in total. The van der Waals surface area contributed by atoms with Crippen molar-refractivity contribution in [1.29, 1.82) is 0 Å². The average molecular weight is 283 g/mol. The van der Waals surface area contributed by atoms with Gasteiger partial charge < -0.3 is 10.2 Å². The summed E-state index contributed by atoms with van der Waals surface area (Å²) >= 11 is 0. The molecule has 0 aromatic heterocycles. The highest BCUT2D eigenvalue weighted by atomic mass is 15.2. The Morgan fingerprint density at radius 2 is 1.95 bits per heavy atom. The molecule has 0 heterocycles. The summed E-state index contributed by atoms with van der Waals surface area (Å²) in [5.41, 5.74) is 0.451. The molecule has 1 aliphatic rings. The minimum absolute atomic E-state index is 0.451. The molecule has 1 rings (SSSR count). The van der Waals surface area contributed by atoms with E-state index >= 15 is 0 Å². The maximum atomic E-state index is 3.87. The lowest BCUT2D eigenvalue weighted by atomic mass is 9.67. The van der Waals surface area contributed by atoms with Crippen molar-refractivity contribution in [3.05, 3.63) is 0 Å². The van der Waals surface area contributed by atoms with Gasteiger partial charge in [-0.25, -0.2) is 0 Å². The Hall–Kier alpha value is -0.0800. The molecule has 1 fully saturated rings. The summed E-state index contributed by atoms with van der Waals surface area (Å²) in [6.07, 6.45) is 6.68. The van der Waals surface area contributed by atoms with Crippen LogP contribution in [0.5, 0.6) is 0 Å². The fourth-order valence-electron chi connectivity index (χ4n) is 3.90. The van der Waals surface area contributed by atoms with Crippen molar-refractivity contribution in [1.82, 2.24) is 10.2 Å². The second-order valence-corrected chi connectivity index (χ2v) is 7.42. The topological polar surface area (TPSA) is 15.3 Å². The molecule has 0 saturated heterocycles. The maximum Gasteiger partial charge on any atom is 0.0159 e. The van der Waals surface area contributed by atoms with Crippen molar-refractivity contribution < 1.29 is 0 Å². The van der Waals surface area contributed by atoms with Crippen LogP contribution in [0.1, 0.15) is 73.6 Å². The van der Waals surface area contributed by atoms with Gasteiger partial charge in [0.25, 0.3) is 0 Å². The smallest absolute Gasteiger partial charge is 0.0159 e. The number of hydrogen-bond acceptors (Lipinski definition) is 2.